The summed E-state index contributed by atoms with van der Waals surface area (Å²) in [6, 6.07) is 9.29. The lowest BCUT2D eigenvalue weighted by Gasteiger charge is -2.30. The van der Waals surface area contributed by atoms with Crippen LogP contribution in [0.2, 0.25) is 0 Å². The lowest BCUT2D eigenvalue weighted by atomic mass is 9.75. The standard InChI is InChI=1S/C61H84N2O24S4/c1-6-62-51-19-17-47-49(40-45(88(66,67)68)42-53(47)90(72,73)74)58(51)60(3,21-24-80-28-30-83-34-35-85-33-32-82-27-26-78-5)55(62)14-10-8-11-15-56-61(4,22-25-81-29-31-84-36-37-86-38-39-87-44-79-7-2)59-50-41-46(89(69,70)71)43-54(91(75,76)77)48(50)18-20-52(59)63(56)23-13-9-12-16-57(64)65/h8,10-11,14-15,17-20,40-43H,6-7,9,12-13,16,21-39,44H2,1-5H3,(H4-,64,65,66,67,68,69,70,71,72,73,74,75,76,77)/p-3. The number of hydrogen-bond donors (Lipinski definition) is 1. The van der Waals surface area contributed by atoms with Crippen LogP contribution in [-0.4, -0.2) is 213 Å². The summed E-state index contributed by atoms with van der Waals surface area (Å²) in [6.07, 6.45) is 10.4. The van der Waals surface area contributed by atoms with Crippen LogP contribution in [0.1, 0.15) is 77.3 Å². The number of rotatable bonds is 44. The maximum Gasteiger partial charge on any atom is 0.303 e. The number of ether oxygens (including phenoxy) is 10. The molecule has 0 aromatic heterocycles. The lowest BCUT2D eigenvalue weighted by molar-refractivity contribution is -0.438. The Kier molecular flexibility index (Phi) is 28.6. The quantitative estimate of drug-likeness (QED) is 0.0175. The Balaban J connectivity index is 1.38. The van der Waals surface area contributed by atoms with E-state index in [1.54, 1.807) is 43.5 Å². The molecule has 0 fully saturated rings. The molecule has 0 amide bonds. The minimum Gasteiger partial charge on any atom is -0.744 e. The number of anilines is 1. The van der Waals surface area contributed by atoms with E-state index < -0.39 is 76.9 Å². The minimum atomic E-state index is -5.37. The number of unbranched alkanes of at least 4 members (excludes halogenated alkanes) is 2. The molecule has 1 N–H and O–H groups in total. The molecule has 2 aliphatic rings. The fraction of sp³-hybridized carbons (Fsp3) is 0.541. The molecular weight excluding hydrogens is 1270 g/mol. The van der Waals surface area contributed by atoms with E-state index in [0.29, 0.717) is 131 Å². The molecule has 0 spiro atoms. The average molecular weight is 1350 g/mol. The highest BCUT2D eigenvalue weighted by atomic mass is 32.2. The molecule has 2 unspecified atom stereocenters. The van der Waals surface area contributed by atoms with E-state index >= 15 is 0 Å². The van der Waals surface area contributed by atoms with Crippen molar-refractivity contribution in [2.45, 2.75) is 96.6 Å². The number of aliphatic carboxylic acids is 1. The first kappa shape index (κ1) is 74.8. The van der Waals surface area contributed by atoms with Crippen molar-refractivity contribution in [2.24, 2.45) is 0 Å². The average Bonchev–Trinajstić information content (AvgIpc) is 1.61. The molecule has 506 valence electrons. The van der Waals surface area contributed by atoms with Gasteiger partial charge in [-0.25, -0.2) is 33.7 Å². The highest BCUT2D eigenvalue weighted by molar-refractivity contribution is 7.87. The van der Waals surface area contributed by atoms with E-state index in [0.717, 1.165) is 12.1 Å². The third-order valence-electron chi connectivity index (χ3n) is 15.5. The summed E-state index contributed by atoms with van der Waals surface area (Å²) in [5, 5.41) is 9.27. The predicted molar refractivity (Wildman–Crippen MR) is 329 cm³/mol. The lowest BCUT2D eigenvalue weighted by Crippen LogP contribution is -2.33. The molecule has 30 heteroatoms. The number of likely N-dealkylation sites (N-methyl/N-ethyl adjacent to an activating group) is 1. The number of carboxylic acid groups (broad SMARTS) is 1. The zero-order chi connectivity index (χ0) is 66.5. The SMILES string of the molecule is CCOCOCCOCCOCCOCCC1(C)C(C=CC=CC=C2N(CC)c3ccc4c(S(=O)(=O)[O-])cc(S(=O)(=O)[O-])cc4c3C2(C)CCOCCOCCOCCOCCOC)=[N+](CCCCCC(=O)O)c2ccc3c(S(=O)(=O)[O-])cc(S(=O)(=O)[O-])cc3c21. The van der Waals surface area contributed by atoms with Crippen LogP contribution in [0.3, 0.4) is 0 Å². The highest BCUT2D eigenvalue weighted by Crippen LogP contribution is 2.54. The molecule has 2 aliphatic heterocycles. The number of hydrogen-bond acceptors (Lipinski definition) is 24. The minimum absolute atomic E-state index is 0.0161. The van der Waals surface area contributed by atoms with E-state index in [1.165, 1.54) is 12.1 Å². The largest absolute Gasteiger partial charge is 0.744 e. The summed E-state index contributed by atoms with van der Waals surface area (Å²) in [7, 11) is -19.8. The molecular formula is C61H81N2O24S4-3. The Morgan fingerprint density at radius 1 is 0.538 bits per heavy atom. The van der Waals surface area contributed by atoms with Gasteiger partial charge in [-0.15, -0.1) is 0 Å². The van der Waals surface area contributed by atoms with Gasteiger partial charge in [-0.3, -0.25) is 4.79 Å². The Hall–Kier alpha value is -5.20. The van der Waals surface area contributed by atoms with Gasteiger partial charge in [-0.05, 0) is 118 Å². The van der Waals surface area contributed by atoms with E-state index in [-0.39, 0.29) is 107 Å². The van der Waals surface area contributed by atoms with Gasteiger partial charge in [0.05, 0.1) is 117 Å². The molecule has 0 aliphatic carbocycles. The summed E-state index contributed by atoms with van der Waals surface area (Å²) in [5.74, 6) is -0.970. The van der Waals surface area contributed by atoms with Crippen LogP contribution < -0.4 is 4.90 Å². The third-order valence-corrected chi connectivity index (χ3v) is 18.8. The Bertz CT molecular complexity index is 3720. The van der Waals surface area contributed by atoms with Crippen molar-refractivity contribution in [1.29, 1.82) is 0 Å². The van der Waals surface area contributed by atoms with Crippen LogP contribution in [0.25, 0.3) is 21.5 Å². The number of allylic oxidation sites excluding steroid dienone is 6. The van der Waals surface area contributed by atoms with Crippen LogP contribution in [-0.2, 0) is 103 Å². The first-order chi connectivity index (χ1) is 43.2. The van der Waals surface area contributed by atoms with Crippen molar-refractivity contribution in [1.82, 2.24) is 0 Å². The number of fused-ring (bicyclic) bond motifs is 6. The van der Waals surface area contributed by atoms with Crippen molar-refractivity contribution < 1.29 is 114 Å². The summed E-state index contributed by atoms with van der Waals surface area (Å²) in [4.78, 5) is 9.81. The summed E-state index contributed by atoms with van der Waals surface area (Å²) in [6.45, 7) is 13.0. The van der Waals surface area contributed by atoms with Crippen LogP contribution in [0.4, 0.5) is 11.4 Å². The van der Waals surface area contributed by atoms with Crippen LogP contribution in [0.15, 0.2) is 104 Å². The number of benzene rings is 4. The second-order valence-electron chi connectivity index (χ2n) is 21.5. The number of carbonyl (C=O) groups is 1. The maximum absolute atomic E-state index is 12.9. The first-order valence-corrected chi connectivity index (χ1v) is 35.3. The zero-order valence-corrected chi connectivity index (χ0v) is 55.0. The van der Waals surface area contributed by atoms with Gasteiger partial charge >= 0.3 is 5.97 Å². The third kappa shape index (κ3) is 20.4. The van der Waals surface area contributed by atoms with E-state index in [2.05, 4.69) is 0 Å². The summed E-state index contributed by atoms with van der Waals surface area (Å²) >= 11 is 0. The van der Waals surface area contributed by atoms with Gasteiger partial charge in [0.1, 0.15) is 53.8 Å². The molecule has 0 bridgehead atoms. The molecule has 0 saturated carbocycles. The fourth-order valence-corrected chi connectivity index (χ4v) is 13.8. The first-order valence-electron chi connectivity index (χ1n) is 29.7. The van der Waals surface area contributed by atoms with Crippen molar-refractivity contribution in [3.63, 3.8) is 0 Å². The van der Waals surface area contributed by atoms with Crippen LogP contribution in [0.5, 0.6) is 0 Å². The van der Waals surface area contributed by atoms with Gasteiger partial charge in [0.25, 0.3) is 0 Å². The van der Waals surface area contributed by atoms with Gasteiger partial charge in [0, 0.05) is 86.2 Å². The van der Waals surface area contributed by atoms with Gasteiger partial charge < -0.3 is 75.6 Å². The molecule has 91 heavy (non-hydrogen) atoms. The number of methoxy groups -OCH3 is 1. The van der Waals surface area contributed by atoms with Crippen molar-refractivity contribution in [3.05, 3.63) is 95.7 Å². The molecule has 4 aromatic rings. The predicted octanol–water partition coefficient (Wildman–Crippen LogP) is 5.96. The maximum atomic E-state index is 12.9. The molecule has 4 aromatic carbocycles. The van der Waals surface area contributed by atoms with Crippen molar-refractivity contribution in [2.75, 3.05) is 144 Å². The monoisotopic (exact) mass is 1350 g/mol. The van der Waals surface area contributed by atoms with Gasteiger partial charge in [-0.2, -0.15) is 4.58 Å². The highest BCUT2D eigenvalue weighted by Gasteiger charge is 2.49. The number of carboxylic acids is 1. The van der Waals surface area contributed by atoms with E-state index in [1.807, 2.05) is 43.2 Å². The zero-order valence-electron chi connectivity index (χ0n) is 51.8. The molecule has 2 atom stereocenters. The fourth-order valence-electron chi connectivity index (χ4n) is 11.2. The van der Waals surface area contributed by atoms with Crippen LogP contribution >= 0.6 is 0 Å². The van der Waals surface area contributed by atoms with E-state index in [9.17, 15) is 61.8 Å². The smallest absolute Gasteiger partial charge is 0.303 e. The topological polar surface area (TPSA) is 365 Å². The normalized spacial score (nSPS) is 17.7. The van der Waals surface area contributed by atoms with Crippen molar-refractivity contribution in [3.8, 4) is 0 Å². The molecule has 0 saturated heterocycles. The Morgan fingerprint density at radius 2 is 1.01 bits per heavy atom. The Labute approximate surface area is 532 Å². The molecule has 2 heterocycles. The summed E-state index contributed by atoms with van der Waals surface area (Å²) < 4.78 is 210. The second kappa shape index (κ2) is 34.8. The molecule has 6 rings (SSSR count). The van der Waals surface area contributed by atoms with Gasteiger partial charge in [0.15, 0.2) is 5.71 Å². The number of nitrogens with zero attached hydrogens (tertiary/aromatic N) is 2. The Morgan fingerprint density at radius 3 is 1.48 bits per heavy atom. The van der Waals surface area contributed by atoms with Crippen molar-refractivity contribution >= 4 is 85.1 Å². The van der Waals surface area contributed by atoms with Crippen LogP contribution in [0, 0.1) is 0 Å². The van der Waals surface area contributed by atoms with Gasteiger partial charge in [-0.1, -0.05) is 24.3 Å². The second-order valence-corrected chi connectivity index (χ2v) is 27.0. The van der Waals surface area contributed by atoms with Gasteiger partial charge in [0.2, 0.25) is 5.69 Å². The molecule has 0 radical (unpaired) electrons. The molecule has 26 nitrogen and oxygen atoms in total. The summed E-state index contributed by atoms with van der Waals surface area (Å²) in [5.41, 5.74) is 0.767. The van der Waals surface area contributed by atoms with E-state index in [4.69, 9.17) is 47.4 Å².